The van der Waals surface area contributed by atoms with Crippen molar-refractivity contribution in [1.29, 1.82) is 0 Å². The predicted molar refractivity (Wildman–Crippen MR) is 109 cm³/mol. The van der Waals surface area contributed by atoms with Crippen molar-refractivity contribution < 1.29 is 14.0 Å². The lowest BCUT2D eigenvalue weighted by molar-refractivity contribution is -0.126. The van der Waals surface area contributed by atoms with Gasteiger partial charge in [-0.1, -0.05) is 37.3 Å². The largest absolute Gasteiger partial charge is 0.450 e. The normalized spacial score (nSPS) is 20.1. The molecule has 1 aromatic heterocycles. The van der Waals surface area contributed by atoms with E-state index in [1.54, 1.807) is 29.2 Å². The fourth-order valence-corrected chi connectivity index (χ4v) is 4.78. The number of benzene rings is 2. The molecule has 0 radical (unpaired) electrons. The Bertz CT molecular complexity index is 1250. The van der Waals surface area contributed by atoms with E-state index in [0.29, 0.717) is 36.0 Å². The van der Waals surface area contributed by atoms with E-state index in [0.717, 1.165) is 5.69 Å². The van der Waals surface area contributed by atoms with Gasteiger partial charge in [0.1, 0.15) is 5.58 Å². The summed E-state index contributed by atoms with van der Waals surface area (Å²) in [6, 6.07) is 14.2. The Kier molecular flexibility index (Phi) is 3.68. The van der Waals surface area contributed by atoms with E-state index < -0.39 is 11.4 Å². The first-order valence-electron chi connectivity index (χ1n) is 9.87. The molecule has 3 heterocycles. The third kappa shape index (κ3) is 1.98. The van der Waals surface area contributed by atoms with E-state index in [1.807, 2.05) is 38.1 Å². The Morgan fingerprint density at radius 2 is 1.69 bits per heavy atom. The lowest BCUT2D eigenvalue weighted by atomic mass is 9.84. The van der Waals surface area contributed by atoms with Gasteiger partial charge in [-0.3, -0.25) is 14.4 Å². The van der Waals surface area contributed by atoms with Gasteiger partial charge in [-0.05, 0) is 31.5 Å². The van der Waals surface area contributed by atoms with Gasteiger partial charge in [0.2, 0.25) is 5.76 Å². The van der Waals surface area contributed by atoms with Crippen molar-refractivity contribution in [2.45, 2.75) is 25.8 Å². The molecule has 1 spiro atoms. The number of carbonyl (C=O) groups excluding carboxylic acids is 2. The topological polar surface area (TPSA) is 70.8 Å². The molecule has 1 atom stereocenters. The minimum atomic E-state index is -1.47. The summed E-state index contributed by atoms with van der Waals surface area (Å²) in [4.78, 5) is 44.1. The van der Waals surface area contributed by atoms with Gasteiger partial charge in [-0.15, -0.1) is 0 Å². The smallest absolute Gasteiger partial charge is 0.291 e. The van der Waals surface area contributed by atoms with Crippen molar-refractivity contribution in [3.8, 4) is 0 Å². The zero-order valence-corrected chi connectivity index (χ0v) is 16.3. The van der Waals surface area contributed by atoms with Crippen molar-refractivity contribution in [1.82, 2.24) is 4.90 Å². The van der Waals surface area contributed by atoms with E-state index in [9.17, 15) is 14.4 Å². The summed E-state index contributed by atoms with van der Waals surface area (Å²) in [7, 11) is 0. The van der Waals surface area contributed by atoms with Crippen LogP contribution in [-0.2, 0) is 10.3 Å². The Balaban J connectivity index is 1.96. The van der Waals surface area contributed by atoms with E-state index in [4.69, 9.17) is 4.42 Å². The number of para-hydroxylation sites is 2. The summed E-state index contributed by atoms with van der Waals surface area (Å²) < 4.78 is 5.93. The van der Waals surface area contributed by atoms with Crippen molar-refractivity contribution in [3.63, 3.8) is 0 Å². The monoisotopic (exact) mass is 388 g/mol. The van der Waals surface area contributed by atoms with Gasteiger partial charge in [0.15, 0.2) is 11.0 Å². The number of rotatable bonds is 3. The molecular formula is C23H20N2O4. The highest BCUT2D eigenvalue weighted by molar-refractivity contribution is 6.17. The Labute approximate surface area is 167 Å². The van der Waals surface area contributed by atoms with Crippen molar-refractivity contribution in [3.05, 3.63) is 75.6 Å². The average Bonchev–Trinajstić information content (AvgIpc) is 3.13. The molecule has 29 heavy (non-hydrogen) atoms. The van der Waals surface area contributed by atoms with Crippen LogP contribution < -0.4 is 10.3 Å². The zero-order valence-electron chi connectivity index (χ0n) is 16.3. The first-order chi connectivity index (χ1) is 14.1. The van der Waals surface area contributed by atoms with Crippen LogP contribution in [0.2, 0.25) is 0 Å². The van der Waals surface area contributed by atoms with Gasteiger partial charge in [0.05, 0.1) is 16.6 Å². The Morgan fingerprint density at radius 3 is 2.45 bits per heavy atom. The van der Waals surface area contributed by atoms with E-state index in [2.05, 4.69) is 0 Å². The minimum absolute atomic E-state index is 0.0248. The molecule has 6 nitrogen and oxygen atoms in total. The number of likely N-dealkylation sites (N-methyl/N-ethyl adjacent to an activating group) is 1. The zero-order chi connectivity index (χ0) is 20.3. The van der Waals surface area contributed by atoms with Gasteiger partial charge < -0.3 is 14.2 Å². The number of nitrogens with zero attached hydrogens (tertiary/aromatic N) is 2. The Morgan fingerprint density at radius 1 is 0.966 bits per heavy atom. The second kappa shape index (κ2) is 6.04. The first-order valence-corrected chi connectivity index (χ1v) is 9.87. The van der Waals surface area contributed by atoms with Crippen molar-refractivity contribution in [2.24, 2.45) is 0 Å². The molecule has 3 aromatic rings. The van der Waals surface area contributed by atoms with Crippen molar-refractivity contribution in [2.75, 3.05) is 18.0 Å². The summed E-state index contributed by atoms with van der Waals surface area (Å²) in [5.74, 6) is -0.710. The van der Waals surface area contributed by atoms with Gasteiger partial charge in [0.25, 0.3) is 11.8 Å². The van der Waals surface area contributed by atoms with Crippen LogP contribution in [0.15, 0.2) is 57.7 Å². The minimum Gasteiger partial charge on any atom is -0.450 e. The second-order valence-electron chi connectivity index (χ2n) is 7.37. The molecule has 146 valence electrons. The molecule has 2 aliphatic rings. The van der Waals surface area contributed by atoms with E-state index in [-0.39, 0.29) is 22.7 Å². The molecule has 0 unspecified atom stereocenters. The number of carbonyl (C=O) groups is 2. The standard InChI is InChI=1S/C23H20N2O4/c1-3-13-25-21(27)20-18(19(26)14-9-5-8-12-17(14)29-20)23(25)15-10-6-7-11-16(15)24(4-2)22(23)28/h5-12H,3-4,13H2,1-2H3/t23-/m0/s1. The third-order valence-electron chi connectivity index (χ3n) is 5.91. The van der Waals surface area contributed by atoms with Crippen LogP contribution in [-0.4, -0.2) is 29.8 Å². The molecule has 0 N–H and O–H groups in total. The van der Waals surface area contributed by atoms with E-state index >= 15 is 0 Å². The van der Waals surface area contributed by atoms with Gasteiger partial charge >= 0.3 is 0 Å². The van der Waals surface area contributed by atoms with Crippen LogP contribution in [0.4, 0.5) is 5.69 Å². The summed E-state index contributed by atoms with van der Waals surface area (Å²) >= 11 is 0. The molecule has 2 amide bonds. The fourth-order valence-electron chi connectivity index (χ4n) is 4.78. The highest BCUT2D eigenvalue weighted by Gasteiger charge is 2.64. The van der Waals surface area contributed by atoms with Crippen LogP contribution in [0.5, 0.6) is 0 Å². The van der Waals surface area contributed by atoms with Crippen LogP contribution >= 0.6 is 0 Å². The second-order valence-corrected chi connectivity index (χ2v) is 7.37. The Hall–Kier alpha value is -3.41. The van der Waals surface area contributed by atoms with Crippen LogP contribution in [0.25, 0.3) is 11.0 Å². The summed E-state index contributed by atoms with van der Waals surface area (Å²) in [5, 5.41) is 0.372. The first kappa shape index (κ1) is 17.7. The molecule has 0 saturated heterocycles. The fraction of sp³-hybridized carbons (Fsp3) is 0.261. The summed E-state index contributed by atoms with van der Waals surface area (Å²) in [5.41, 5.74) is 0.0889. The molecule has 2 aromatic carbocycles. The molecular weight excluding hydrogens is 368 g/mol. The van der Waals surface area contributed by atoms with Crippen LogP contribution in [0, 0.1) is 0 Å². The van der Waals surface area contributed by atoms with Crippen LogP contribution in [0.1, 0.15) is 41.9 Å². The molecule has 2 aliphatic heterocycles. The number of amides is 2. The maximum atomic E-state index is 13.9. The number of hydrogen-bond donors (Lipinski definition) is 0. The average molecular weight is 388 g/mol. The quantitative estimate of drug-likeness (QED) is 0.690. The van der Waals surface area contributed by atoms with Gasteiger partial charge in [-0.25, -0.2) is 0 Å². The highest BCUT2D eigenvalue weighted by atomic mass is 16.3. The van der Waals surface area contributed by atoms with Crippen molar-refractivity contribution >= 4 is 28.5 Å². The lowest BCUT2D eigenvalue weighted by Crippen LogP contribution is -2.53. The molecule has 0 aliphatic carbocycles. The predicted octanol–water partition coefficient (Wildman–Crippen LogP) is 3.27. The molecule has 0 bridgehead atoms. The highest BCUT2D eigenvalue weighted by Crippen LogP contribution is 2.52. The molecule has 5 rings (SSSR count). The molecule has 0 fully saturated rings. The number of anilines is 1. The SMILES string of the molecule is CCCN1C(=O)c2oc3ccccc3c(=O)c2[C@@]12C(=O)N(CC)c1ccccc12. The maximum Gasteiger partial charge on any atom is 0.291 e. The maximum absolute atomic E-state index is 13.9. The summed E-state index contributed by atoms with van der Waals surface area (Å²) in [6.07, 6.45) is 0.650. The van der Waals surface area contributed by atoms with Gasteiger partial charge in [-0.2, -0.15) is 0 Å². The van der Waals surface area contributed by atoms with E-state index in [1.165, 1.54) is 4.90 Å². The molecule has 6 heteroatoms. The summed E-state index contributed by atoms with van der Waals surface area (Å²) in [6.45, 7) is 4.62. The van der Waals surface area contributed by atoms with Crippen LogP contribution in [0.3, 0.4) is 0 Å². The lowest BCUT2D eigenvalue weighted by Gasteiger charge is -2.34. The number of hydrogen-bond acceptors (Lipinski definition) is 4. The van der Waals surface area contributed by atoms with Gasteiger partial charge in [0, 0.05) is 18.7 Å². The third-order valence-corrected chi connectivity index (χ3v) is 5.91. The molecule has 0 saturated carbocycles. The number of fused-ring (bicyclic) bond motifs is 5.